The maximum atomic E-state index is 13.2. The van der Waals surface area contributed by atoms with E-state index in [9.17, 15) is 9.18 Å². The summed E-state index contributed by atoms with van der Waals surface area (Å²) in [5.41, 5.74) is 1.77. The number of aromatic nitrogens is 3. The fourth-order valence-corrected chi connectivity index (χ4v) is 3.37. The van der Waals surface area contributed by atoms with Crippen LogP contribution in [0.15, 0.2) is 54.7 Å². The number of rotatable bonds is 4. The minimum Gasteiger partial charge on any atom is -0.496 e. The number of nitrogens with one attached hydrogen (secondary N) is 1. The van der Waals surface area contributed by atoms with Crippen molar-refractivity contribution in [2.24, 2.45) is 0 Å². The average Bonchev–Trinajstić information content (AvgIpc) is 3.24. The SMILES string of the molecule is COc1ccccc1C1CNCCN1C(=O)c1cnn(-c2ccc(F)cc2)n1.Cl. The third-order valence-electron chi connectivity index (χ3n) is 4.77. The standard InChI is InChI=1S/C20H20FN5O2.ClH/c1-28-19-5-3-2-4-16(19)18-13-22-10-11-25(18)20(27)17-12-23-26(24-17)15-8-6-14(21)7-9-15;/h2-9,12,18,22H,10-11,13H2,1H3;1H. The van der Waals surface area contributed by atoms with Crippen LogP contribution in [0.25, 0.3) is 5.69 Å². The van der Waals surface area contributed by atoms with E-state index in [0.29, 0.717) is 25.3 Å². The van der Waals surface area contributed by atoms with Crippen molar-refractivity contribution in [3.05, 3.63) is 71.8 Å². The number of para-hydroxylation sites is 1. The fourth-order valence-electron chi connectivity index (χ4n) is 3.37. The topological polar surface area (TPSA) is 72.3 Å². The van der Waals surface area contributed by atoms with Crippen LogP contribution in [-0.2, 0) is 0 Å². The van der Waals surface area contributed by atoms with Gasteiger partial charge in [0.15, 0.2) is 5.69 Å². The summed E-state index contributed by atoms with van der Waals surface area (Å²) in [6.07, 6.45) is 1.44. The summed E-state index contributed by atoms with van der Waals surface area (Å²) < 4.78 is 18.6. The highest BCUT2D eigenvalue weighted by Crippen LogP contribution is 2.30. The lowest BCUT2D eigenvalue weighted by molar-refractivity contribution is 0.0625. The molecule has 4 rings (SSSR count). The minimum atomic E-state index is -0.340. The van der Waals surface area contributed by atoms with Gasteiger partial charge >= 0.3 is 0 Å². The lowest BCUT2D eigenvalue weighted by Crippen LogP contribution is -2.48. The summed E-state index contributed by atoms with van der Waals surface area (Å²) in [7, 11) is 1.62. The molecule has 0 saturated carbocycles. The van der Waals surface area contributed by atoms with Crippen molar-refractivity contribution in [3.8, 4) is 11.4 Å². The number of carbonyl (C=O) groups excluding carboxylic acids is 1. The Morgan fingerprint density at radius 1 is 1.21 bits per heavy atom. The zero-order valence-corrected chi connectivity index (χ0v) is 16.6. The molecule has 9 heteroatoms. The molecule has 1 fully saturated rings. The molecule has 1 saturated heterocycles. The highest BCUT2D eigenvalue weighted by molar-refractivity contribution is 5.92. The first kappa shape index (κ1) is 20.8. The molecule has 152 valence electrons. The Morgan fingerprint density at radius 3 is 2.72 bits per heavy atom. The molecule has 2 heterocycles. The van der Waals surface area contributed by atoms with Gasteiger partial charge in [-0.3, -0.25) is 4.79 Å². The van der Waals surface area contributed by atoms with E-state index in [2.05, 4.69) is 15.5 Å². The van der Waals surface area contributed by atoms with Gasteiger partial charge in [-0.2, -0.15) is 9.90 Å². The molecule has 0 spiro atoms. The Morgan fingerprint density at radius 2 is 1.97 bits per heavy atom. The van der Waals surface area contributed by atoms with Gasteiger partial charge in [0.25, 0.3) is 5.91 Å². The molecule has 1 aliphatic heterocycles. The molecular formula is C20H21ClFN5O2. The zero-order valence-electron chi connectivity index (χ0n) is 15.8. The number of halogens is 2. The van der Waals surface area contributed by atoms with Crippen LogP contribution in [0.1, 0.15) is 22.1 Å². The molecule has 29 heavy (non-hydrogen) atoms. The predicted molar refractivity (Wildman–Crippen MR) is 108 cm³/mol. The van der Waals surface area contributed by atoms with Gasteiger partial charge in [-0.05, 0) is 30.3 Å². The molecule has 1 atom stereocenters. The van der Waals surface area contributed by atoms with Crippen LogP contribution in [0.3, 0.4) is 0 Å². The van der Waals surface area contributed by atoms with Crippen LogP contribution in [0.4, 0.5) is 4.39 Å². The predicted octanol–water partition coefficient (Wildman–Crippen LogP) is 2.62. The molecule has 1 unspecified atom stereocenters. The monoisotopic (exact) mass is 417 g/mol. The van der Waals surface area contributed by atoms with E-state index >= 15 is 0 Å². The van der Waals surface area contributed by atoms with Gasteiger partial charge < -0.3 is 15.0 Å². The lowest BCUT2D eigenvalue weighted by atomic mass is 10.0. The number of piperazine rings is 1. The van der Waals surface area contributed by atoms with E-state index in [1.54, 1.807) is 24.1 Å². The van der Waals surface area contributed by atoms with Crippen molar-refractivity contribution in [1.82, 2.24) is 25.2 Å². The van der Waals surface area contributed by atoms with Crippen molar-refractivity contribution >= 4 is 18.3 Å². The van der Waals surface area contributed by atoms with E-state index < -0.39 is 0 Å². The van der Waals surface area contributed by atoms with Crippen LogP contribution in [0.5, 0.6) is 5.75 Å². The van der Waals surface area contributed by atoms with E-state index in [0.717, 1.165) is 11.3 Å². The molecule has 0 aliphatic carbocycles. The highest BCUT2D eigenvalue weighted by Gasteiger charge is 2.31. The second-order valence-electron chi connectivity index (χ2n) is 6.46. The number of hydrogen-bond acceptors (Lipinski definition) is 5. The summed E-state index contributed by atoms with van der Waals surface area (Å²) in [4.78, 5) is 16.3. The normalized spacial score (nSPS) is 16.2. The van der Waals surface area contributed by atoms with Gasteiger partial charge in [0.2, 0.25) is 0 Å². The number of methoxy groups -OCH3 is 1. The summed E-state index contributed by atoms with van der Waals surface area (Å²) in [5, 5.41) is 11.8. The zero-order chi connectivity index (χ0) is 19.5. The number of amides is 1. The van der Waals surface area contributed by atoms with Crippen molar-refractivity contribution < 1.29 is 13.9 Å². The second kappa shape index (κ2) is 9.02. The maximum Gasteiger partial charge on any atom is 0.276 e. The van der Waals surface area contributed by atoms with E-state index in [-0.39, 0.29) is 35.9 Å². The summed E-state index contributed by atoms with van der Waals surface area (Å²) >= 11 is 0. The van der Waals surface area contributed by atoms with Gasteiger partial charge in [-0.25, -0.2) is 4.39 Å². The Balaban J connectivity index is 0.00000240. The first-order valence-electron chi connectivity index (χ1n) is 9.00. The smallest absolute Gasteiger partial charge is 0.276 e. The minimum absolute atomic E-state index is 0. The summed E-state index contributed by atoms with van der Waals surface area (Å²) in [5.74, 6) is 0.197. The van der Waals surface area contributed by atoms with Crippen molar-refractivity contribution in [1.29, 1.82) is 0 Å². The van der Waals surface area contributed by atoms with E-state index in [4.69, 9.17) is 4.74 Å². The largest absolute Gasteiger partial charge is 0.496 e. The van der Waals surface area contributed by atoms with Crippen LogP contribution in [0, 0.1) is 5.82 Å². The van der Waals surface area contributed by atoms with Crippen LogP contribution < -0.4 is 10.1 Å². The Kier molecular flexibility index (Phi) is 6.46. The van der Waals surface area contributed by atoms with Crippen molar-refractivity contribution in [3.63, 3.8) is 0 Å². The molecule has 1 aliphatic rings. The van der Waals surface area contributed by atoms with Gasteiger partial charge in [0.05, 0.1) is 25.0 Å². The molecular weight excluding hydrogens is 397 g/mol. The molecule has 2 aromatic carbocycles. The molecule has 7 nitrogen and oxygen atoms in total. The number of carbonyl (C=O) groups is 1. The molecule has 3 aromatic rings. The van der Waals surface area contributed by atoms with Crippen LogP contribution in [0.2, 0.25) is 0 Å². The van der Waals surface area contributed by atoms with Crippen molar-refractivity contribution in [2.75, 3.05) is 26.7 Å². The lowest BCUT2D eigenvalue weighted by Gasteiger charge is -2.36. The quantitative estimate of drug-likeness (QED) is 0.706. The highest BCUT2D eigenvalue weighted by atomic mass is 35.5. The van der Waals surface area contributed by atoms with Crippen LogP contribution >= 0.6 is 12.4 Å². The van der Waals surface area contributed by atoms with E-state index in [1.807, 2.05) is 24.3 Å². The second-order valence-corrected chi connectivity index (χ2v) is 6.46. The van der Waals surface area contributed by atoms with E-state index in [1.165, 1.54) is 23.1 Å². The van der Waals surface area contributed by atoms with Crippen LogP contribution in [-0.4, -0.2) is 52.5 Å². The number of nitrogens with zero attached hydrogens (tertiary/aromatic N) is 4. The first-order valence-corrected chi connectivity index (χ1v) is 9.00. The average molecular weight is 418 g/mol. The first-order chi connectivity index (χ1) is 13.7. The Hall–Kier alpha value is -2.97. The molecule has 1 aromatic heterocycles. The summed E-state index contributed by atoms with van der Waals surface area (Å²) in [6.45, 7) is 1.87. The van der Waals surface area contributed by atoms with Gasteiger partial charge in [-0.15, -0.1) is 17.5 Å². The number of benzene rings is 2. The third-order valence-corrected chi connectivity index (χ3v) is 4.77. The summed E-state index contributed by atoms with van der Waals surface area (Å²) in [6, 6.07) is 13.3. The fraction of sp³-hybridized carbons (Fsp3) is 0.250. The molecule has 0 radical (unpaired) electrons. The van der Waals surface area contributed by atoms with Gasteiger partial charge in [-0.1, -0.05) is 18.2 Å². The molecule has 1 N–H and O–H groups in total. The van der Waals surface area contributed by atoms with Crippen molar-refractivity contribution in [2.45, 2.75) is 6.04 Å². The maximum absolute atomic E-state index is 13.2. The van der Waals surface area contributed by atoms with Gasteiger partial charge in [0.1, 0.15) is 11.6 Å². The third kappa shape index (κ3) is 4.23. The molecule has 0 bridgehead atoms. The number of hydrogen-bond donors (Lipinski definition) is 1. The Bertz CT molecular complexity index is 979. The Labute approximate surface area is 173 Å². The molecule has 1 amide bonds. The number of ether oxygens (including phenoxy) is 1. The van der Waals surface area contributed by atoms with Gasteiger partial charge in [0, 0.05) is 25.2 Å².